The van der Waals surface area contributed by atoms with Gasteiger partial charge >= 0.3 is 0 Å². The Hall–Kier alpha value is -2.72. The Labute approximate surface area is 139 Å². The minimum Gasteiger partial charge on any atom is -0.365 e. The van der Waals surface area contributed by atoms with Crippen molar-refractivity contribution in [2.45, 2.75) is 12.2 Å². The van der Waals surface area contributed by atoms with Gasteiger partial charge in [-0.3, -0.25) is 9.59 Å². The Morgan fingerprint density at radius 2 is 1.33 bits per heavy atom. The van der Waals surface area contributed by atoms with Crippen molar-refractivity contribution in [1.82, 2.24) is 0 Å². The molecule has 24 heavy (non-hydrogen) atoms. The zero-order valence-corrected chi connectivity index (χ0v) is 12.8. The van der Waals surface area contributed by atoms with Gasteiger partial charge in [-0.25, -0.2) is 4.90 Å². The van der Waals surface area contributed by atoms with Crippen molar-refractivity contribution in [3.63, 3.8) is 0 Å². The van der Waals surface area contributed by atoms with E-state index in [1.165, 1.54) is 4.90 Å². The fraction of sp³-hybridized carbons (Fsp3) is 0.200. The van der Waals surface area contributed by atoms with Gasteiger partial charge in [-0.15, -0.1) is 0 Å². The van der Waals surface area contributed by atoms with Crippen molar-refractivity contribution in [1.29, 1.82) is 0 Å². The maximum absolute atomic E-state index is 13.0. The lowest BCUT2D eigenvalue weighted by Crippen LogP contribution is -2.34. The molecule has 3 heterocycles. The zero-order chi connectivity index (χ0) is 16.3. The van der Waals surface area contributed by atoms with Crippen LogP contribution in [0.25, 0.3) is 11.1 Å². The molecule has 0 spiro atoms. The number of hydrogen-bond donors (Lipinski definition) is 0. The van der Waals surface area contributed by atoms with Gasteiger partial charge in [-0.05, 0) is 11.6 Å². The van der Waals surface area contributed by atoms with Crippen molar-refractivity contribution in [2.24, 2.45) is 11.8 Å². The van der Waals surface area contributed by atoms with Crippen LogP contribution in [0.4, 0.5) is 5.69 Å². The molecule has 118 valence electrons. The van der Waals surface area contributed by atoms with E-state index in [0.717, 1.165) is 11.1 Å². The molecular formula is C20H15NO3. The summed E-state index contributed by atoms with van der Waals surface area (Å²) in [4.78, 5) is 27.3. The number of anilines is 1. The molecule has 0 saturated carbocycles. The summed E-state index contributed by atoms with van der Waals surface area (Å²) < 4.78 is 5.70. The molecule has 0 radical (unpaired) electrons. The van der Waals surface area contributed by atoms with Gasteiger partial charge in [0.1, 0.15) is 0 Å². The van der Waals surface area contributed by atoms with Crippen molar-refractivity contribution >= 4 is 17.5 Å². The fourth-order valence-corrected chi connectivity index (χ4v) is 4.07. The summed E-state index contributed by atoms with van der Waals surface area (Å²) in [5.74, 6) is -1.05. The van der Waals surface area contributed by atoms with Gasteiger partial charge in [0.2, 0.25) is 11.8 Å². The van der Waals surface area contributed by atoms with Crippen LogP contribution < -0.4 is 4.90 Å². The average Bonchev–Trinajstić information content (AvgIpc) is 3.30. The zero-order valence-electron chi connectivity index (χ0n) is 12.8. The van der Waals surface area contributed by atoms with E-state index in [1.54, 1.807) is 0 Å². The molecule has 0 unspecified atom stereocenters. The Morgan fingerprint density at radius 3 is 2.00 bits per heavy atom. The molecule has 2 saturated heterocycles. The molecule has 0 aromatic heterocycles. The molecule has 2 amide bonds. The van der Waals surface area contributed by atoms with Gasteiger partial charge in [-0.2, -0.15) is 0 Å². The summed E-state index contributed by atoms with van der Waals surface area (Å²) in [5.41, 5.74) is 2.54. The van der Waals surface area contributed by atoms with Crippen LogP contribution in [0.15, 0.2) is 66.7 Å². The molecule has 4 atom stereocenters. The van der Waals surface area contributed by atoms with E-state index in [2.05, 4.69) is 0 Å². The van der Waals surface area contributed by atoms with Crippen LogP contribution in [0, 0.1) is 11.8 Å². The maximum atomic E-state index is 13.0. The van der Waals surface area contributed by atoms with E-state index in [0.29, 0.717) is 5.69 Å². The number of ether oxygens (including phenoxy) is 1. The molecule has 2 aromatic rings. The van der Waals surface area contributed by atoms with Gasteiger partial charge in [0.15, 0.2) is 0 Å². The summed E-state index contributed by atoms with van der Waals surface area (Å²) >= 11 is 0. The Kier molecular flexibility index (Phi) is 2.79. The van der Waals surface area contributed by atoms with Crippen LogP contribution in [0.1, 0.15) is 0 Å². The minimum atomic E-state index is -0.378. The number of amides is 2. The van der Waals surface area contributed by atoms with E-state index in [1.807, 2.05) is 66.7 Å². The molecule has 0 N–H and O–H groups in total. The number of para-hydroxylation sites is 1. The van der Waals surface area contributed by atoms with Crippen LogP contribution >= 0.6 is 0 Å². The first kappa shape index (κ1) is 13.7. The largest absolute Gasteiger partial charge is 0.365 e. The van der Waals surface area contributed by atoms with Crippen molar-refractivity contribution < 1.29 is 14.3 Å². The van der Waals surface area contributed by atoms with E-state index in [4.69, 9.17) is 4.74 Å². The Balaban J connectivity index is 1.61. The van der Waals surface area contributed by atoms with Crippen molar-refractivity contribution in [3.8, 4) is 11.1 Å². The van der Waals surface area contributed by atoms with Crippen LogP contribution in [-0.4, -0.2) is 24.0 Å². The predicted octanol–water partition coefficient (Wildman–Crippen LogP) is 2.80. The topological polar surface area (TPSA) is 46.6 Å². The van der Waals surface area contributed by atoms with Crippen molar-refractivity contribution in [3.05, 3.63) is 66.7 Å². The van der Waals surface area contributed by atoms with Gasteiger partial charge in [-0.1, -0.05) is 60.7 Å². The quantitative estimate of drug-likeness (QED) is 0.632. The molecular weight excluding hydrogens is 302 g/mol. The first-order chi connectivity index (χ1) is 11.8. The molecule has 2 bridgehead atoms. The summed E-state index contributed by atoms with van der Waals surface area (Å²) in [6, 6.07) is 17.4. The second-order valence-electron chi connectivity index (χ2n) is 6.40. The first-order valence-electron chi connectivity index (χ1n) is 8.12. The molecule has 0 aliphatic carbocycles. The minimum absolute atomic E-state index is 0.148. The number of benzene rings is 2. The van der Waals surface area contributed by atoms with E-state index < -0.39 is 0 Å². The number of carbonyl (C=O) groups excluding carboxylic acids is 2. The number of imide groups is 1. The monoisotopic (exact) mass is 317 g/mol. The van der Waals surface area contributed by atoms with E-state index in [-0.39, 0.29) is 35.9 Å². The molecule has 3 aliphatic rings. The number of nitrogens with zero attached hydrogens (tertiary/aromatic N) is 1. The lowest BCUT2D eigenvalue weighted by atomic mass is 9.85. The van der Waals surface area contributed by atoms with Gasteiger partial charge < -0.3 is 4.74 Å². The highest BCUT2D eigenvalue weighted by Crippen LogP contribution is 2.47. The fourth-order valence-electron chi connectivity index (χ4n) is 4.07. The molecule has 2 fully saturated rings. The lowest BCUT2D eigenvalue weighted by Gasteiger charge is -2.20. The third kappa shape index (κ3) is 1.72. The van der Waals surface area contributed by atoms with Gasteiger partial charge in [0.25, 0.3) is 0 Å². The molecule has 5 rings (SSSR count). The highest BCUT2D eigenvalue weighted by atomic mass is 16.5. The Morgan fingerprint density at radius 1 is 0.750 bits per heavy atom. The first-order valence-corrected chi connectivity index (χ1v) is 8.12. The van der Waals surface area contributed by atoms with Crippen LogP contribution in [0.2, 0.25) is 0 Å². The highest BCUT2D eigenvalue weighted by Gasteiger charge is 2.61. The highest BCUT2D eigenvalue weighted by molar-refractivity contribution is 6.24. The summed E-state index contributed by atoms with van der Waals surface area (Å²) in [6.07, 6.45) is 3.29. The van der Waals surface area contributed by atoms with Gasteiger partial charge in [0.05, 0.1) is 29.7 Å². The number of fused-ring (bicyclic) bond motifs is 5. The predicted molar refractivity (Wildman–Crippen MR) is 89.2 cm³/mol. The van der Waals surface area contributed by atoms with Crippen LogP contribution in [0.5, 0.6) is 0 Å². The van der Waals surface area contributed by atoms with Crippen LogP contribution in [0.3, 0.4) is 0 Å². The summed E-state index contributed by atoms with van der Waals surface area (Å²) in [6.45, 7) is 0. The smallest absolute Gasteiger partial charge is 0.240 e. The molecule has 2 aromatic carbocycles. The average molecular weight is 317 g/mol. The molecule has 3 aliphatic heterocycles. The summed E-state index contributed by atoms with van der Waals surface area (Å²) in [7, 11) is 0. The third-order valence-electron chi connectivity index (χ3n) is 5.14. The number of rotatable bonds is 2. The molecule has 4 nitrogen and oxygen atoms in total. The van der Waals surface area contributed by atoms with Crippen LogP contribution in [-0.2, 0) is 14.3 Å². The number of carbonyl (C=O) groups is 2. The lowest BCUT2D eigenvalue weighted by molar-refractivity contribution is -0.124. The normalized spacial score (nSPS) is 30.2. The second kappa shape index (κ2) is 4.89. The maximum Gasteiger partial charge on any atom is 0.240 e. The second-order valence-corrected chi connectivity index (χ2v) is 6.40. The molecule has 4 heteroatoms. The third-order valence-corrected chi connectivity index (χ3v) is 5.14. The van der Waals surface area contributed by atoms with E-state index in [9.17, 15) is 9.59 Å². The summed E-state index contributed by atoms with van der Waals surface area (Å²) in [5, 5.41) is 0. The number of hydrogen-bond acceptors (Lipinski definition) is 3. The Bertz CT molecular complexity index is 843. The van der Waals surface area contributed by atoms with Gasteiger partial charge in [0, 0.05) is 5.56 Å². The van der Waals surface area contributed by atoms with Crippen molar-refractivity contribution in [2.75, 3.05) is 4.90 Å². The standard InChI is InChI=1S/C20H15NO3/c22-19-17-15-10-11-16(24-15)18(17)20(23)21(19)14-9-5-4-8-13(14)12-6-2-1-3-7-12/h1-11,15-18H/t15-,16+,17-,18-/m0/s1. The van der Waals surface area contributed by atoms with E-state index >= 15 is 0 Å². The SMILES string of the molecule is O=C1[C@@H]2[C@@H](C(=O)N1c1ccccc1-c1ccccc1)[C@H]1C=C[C@@H]2O1.